The quantitative estimate of drug-likeness (QED) is 0.541. The van der Waals surface area contributed by atoms with Crippen LogP contribution in [0.1, 0.15) is 13.3 Å². The molecule has 0 aromatic carbocycles. The zero-order chi connectivity index (χ0) is 9.41. The van der Waals surface area contributed by atoms with Gasteiger partial charge in [-0.25, -0.2) is 0 Å². The fourth-order valence-corrected chi connectivity index (χ4v) is 3.38. The first-order chi connectivity index (χ1) is 5.48. The summed E-state index contributed by atoms with van der Waals surface area (Å²) in [6, 6.07) is 0. The second kappa shape index (κ2) is 2.99. The number of rotatable bonds is 4. The second-order valence-corrected chi connectivity index (χ2v) is 6.08. The van der Waals surface area contributed by atoms with Gasteiger partial charge in [-0.05, 0) is 13.3 Å². The molecule has 0 saturated heterocycles. The summed E-state index contributed by atoms with van der Waals surface area (Å²) in [5.41, 5.74) is 5.91. The highest BCUT2D eigenvalue weighted by Gasteiger charge is 2.60. The van der Waals surface area contributed by atoms with Gasteiger partial charge in [-0.2, -0.15) is 0 Å². The van der Waals surface area contributed by atoms with Crippen LogP contribution in [-0.2, 0) is 9.09 Å². The number of nitrogens with two attached hydrogens (primary N) is 1. The first-order valence-corrected chi connectivity index (χ1v) is 6.18. The number of hydrogen-bond donors (Lipinski definition) is 1. The highest BCUT2D eigenvalue weighted by Crippen LogP contribution is 2.68. The van der Waals surface area contributed by atoms with E-state index < -0.39 is 12.6 Å². The monoisotopic (exact) mass is 189 g/mol. The van der Waals surface area contributed by atoms with Gasteiger partial charge >= 0.3 is 0 Å². The molecule has 1 unspecified atom stereocenters. The van der Waals surface area contributed by atoms with E-state index in [9.17, 15) is 4.57 Å². The first kappa shape index (κ1) is 9.97. The van der Waals surface area contributed by atoms with Gasteiger partial charge in [0.1, 0.15) is 0 Å². The van der Waals surface area contributed by atoms with Crippen molar-refractivity contribution in [2.24, 2.45) is 11.7 Å². The molecule has 4 heteroatoms. The Morgan fingerprint density at radius 2 is 2.50 bits per heavy atom. The fraction of sp³-hybridized carbons (Fsp3) is 0.750. The maximum atomic E-state index is 11.9. The van der Waals surface area contributed by atoms with Crippen LogP contribution >= 0.6 is 7.37 Å². The summed E-state index contributed by atoms with van der Waals surface area (Å²) in [4.78, 5) is 0. The Labute approximate surface area is 73.4 Å². The van der Waals surface area contributed by atoms with Crippen LogP contribution < -0.4 is 5.73 Å². The molecule has 12 heavy (non-hydrogen) atoms. The highest BCUT2D eigenvalue weighted by molar-refractivity contribution is 7.60. The zero-order valence-electron chi connectivity index (χ0n) is 7.62. The van der Waals surface area contributed by atoms with E-state index in [0.29, 0.717) is 6.61 Å². The van der Waals surface area contributed by atoms with Crippen molar-refractivity contribution in [3.63, 3.8) is 0 Å². The van der Waals surface area contributed by atoms with E-state index in [4.69, 9.17) is 10.3 Å². The van der Waals surface area contributed by atoms with E-state index in [1.165, 1.54) is 0 Å². The summed E-state index contributed by atoms with van der Waals surface area (Å²) in [5, 5.41) is -0.620. The molecule has 0 spiro atoms. The van der Waals surface area contributed by atoms with E-state index in [2.05, 4.69) is 6.58 Å². The lowest BCUT2D eigenvalue weighted by Crippen LogP contribution is -2.25. The highest BCUT2D eigenvalue weighted by atomic mass is 31.2. The third kappa shape index (κ3) is 1.37. The normalized spacial score (nSPS) is 38.8. The van der Waals surface area contributed by atoms with Crippen LogP contribution in [0.5, 0.6) is 0 Å². The van der Waals surface area contributed by atoms with Crippen LogP contribution in [0.3, 0.4) is 0 Å². The third-order valence-corrected chi connectivity index (χ3v) is 5.22. The fourth-order valence-electron chi connectivity index (χ4n) is 1.41. The van der Waals surface area contributed by atoms with Crippen molar-refractivity contribution in [2.45, 2.75) is 18.6 Å². The molecular weight excluding hydrogens is 173 g/mol. The molecule has 0 aromatic heterocycles. The van der Waals surface area contributed by atoms with Gasteiger partial charge in [-0.15, -0.1) is 6.58 Å². The summed E-state index contributed by atoms with van der Waals surface area (Å²) in [7, 11) is -2.63. The molecule has 2 N–H and O–H groups in total. The molecule has 1 fully saturated rings. The minimum absolute atomic E-state index is 0.167. The molecule has 0 amide bonds. The molecular formula is C8H16NO2P. The molecule has 1 saturated carbocycles. The van der Waals surface area contributed by atoms with E-state index >= 15 is 0 Å². The average molecular weight is 189 g/mol. The summed E-state index contributed by atoms with van der Waals surface area (Å²) in [6.07, 6.45) is 2.50. The molecule has 1 aliphatic carbocycles. The van der Waals surface area contributed by atoms with E-state index in [-0.39, 0.29) is 5.92 Å². The van der Waals surface area contributed by atoms with Gasteiger partial charge in [0.15, 0.2) is 0 Å². The van der Waals surface area contributed by atoms with E-state index in [1.807, 2.05) is 6.92 Å². The van der Waals surface area contributed by atoms with E-state index in [1.54, 1.807) is 12.7 Å². The third-order valence-electron chi connectivity index (χ3n) is 2.45. The van der Waals surface area contributed by atoms with Crippen molar-refractivity contribution in [2.75, 3.05) is 13.3 Å². The maximum Gasteiger partial charge on any atom is 0.219 e. The molecule has 3 atom stereocenters. The SMILES string of the molecule is C=C[C@@H]1C[C@]1(N)P(C)(=O)OCC. The molecule has 1 rings (SSSR count). The van der Waals surface area contributed by atoms with Crippen LogP contribution in [0, 0.1) is 5.92 Å². The van der Waals surface area contributed by atoms with Crippen LogP contribution in [0.25, 0.3) is 0 Å². The van der Waals surface area contributed by atoms with Gasteiger partial charge in [0.05, 0.1) is 11.9 Å². The smallest absolute Gasteiger partial charge is 0.219 e. The molecule has 3 nitrogen and oxygen atoms in total. The maximum absolute atomic E-state index is 11.9. The molecule has 1 aliphatic rings. The Bertz CT molecular complexity index is 241. The van der Waals surface area contributed by atoms with Crippen molar-refractivity contribution in [3.05, 3.63) is 12.7 Å². The second-order valence-electron chi connectivity index (χ2n) is 3.30. The van der Waals surface area contributed by atoms with Gasteiger partial charge in [-0.3, -0.25) is 4.57 Å². The first-order valence-electron chi connectivity index (χ1n) is 4.11. The van der Waals surface area contributed by atoms with Gasteiger partial charge in [0.2, 0.25) is 7.37 Å². The molecule has 0 radical (unpaired) electrons. The Balaban J connectivity index is 2.70. The van der Waals surface area contributed by atoms with Crippen molar-refractivity contribution in [3.8, 4) is 0 Å². The van der Waals surface area contributed by atoms with Gasteiger partial charge < -0.3 is 10.3 Å². The zero-order valence-corrected chi connectivity index (χ0v) is 8.51. The lowest BCUT2D eigenvalue weighted by atomic mass is 10.4. The summed E-state index contributed by atoms with van der Waals surface area (Å²) in [5.74, 6) is 0.167. The van der Waals surface area contributed by atoms with Gasteiger partial charge in [0, 0.05) is 12.6 Å². The van der Waals surface area contributed by atoms with Crippen molar-refractivity contribution in [1.82, 2.24) is 0 Å². The molecule has 0 heterocycles. The van der Waals surface area contributed by atoms with Crippen molar-refractivity contribution >= 4 is 7.37 Å². The minimum atomic E-state index is -2.63. The minimum Gasteiger partial charge on any atom is -0.328 e. The summed E-state index contributed by atoms with van der Waals surface area (Å²) < 4.78 is 17.0. The Morgan fingerprint density at radius 1 is 1.92 bits per heavy atom. The number of hydrogen-bond acceptors (Lipinski definition) is 3. The predicted octanol–water partition coefficient (Wildman–Crippen LogP) is 1.79. The van der Waals surface area contributed by atoms with Crippen LogP contribution in [0.4, 0.5) is 0 Å². The Morgan fingerprint density at radius 3 is 2.83 bits per heavy atom. The van der Waals surface area contributed by atoms with Crippen molar-refractivity contribution < 1.29 is 9.09 Å². The van der Waals surface area contributed by atoms with Crippen LogP contribution in [0.2, 0.25) is 0 Å². The van der Waals surface area contributed by atoms with Crippen molar-refractivity contribution in [1.29, 1.82) is 0 Å². The van der Waals surface area contributed by atoms with E-state index in [0.717, 1.165) is 6.42 Å². The lowest BCUT2D eigenvalue weighted by molar-refractivity contribution is 0.326. The Kier molecular flexibility index (Phi) is 2.48. The molecule has 0 aromatic rings. The molecule has 0 aliphatic heterocycles. The largest absolute Gasteiger partial charge is 0.328 e. The van der Waals surface area contributed by atoms with Gasteiger partial charge in [0.25, 0.3) is 0 Å². The standard InChI is InChI=1S/C8H16NO2P/c1-4-7-6-8(7,9)12(3,10)11-5-2/h4,7H,1,5-6,9H2,2-3H3/t7-,8+,12?/m1/s1. The molecule has 0 bridgehead atoms. The average Bonchev–Trinajstić information content (AvgIpc) is 2.63. The predicted molar refractivity (Wildman–Crippen MR) is 50.4 cm³/mol. The van der Waals surface area contributed by atoms with Gasteiger partial charge in [-0.1, -0.05) is 6.08 Å². The Hall–Kier alpha value is -0.110. The summed E-state index contributed by atoms with van der Waals surface area (Å²) >= 11 is 0. The topological polar surface area (TPSA) is 52.3 Å². The lowest BCUT2D eigenvalue weighted by Gasteiger charge is -2.20. The van der Waals surface area contributed by atoms with Crippen LogP contribution in [-0.4, -0.2) is 18.6 Å². The molecule has 70 valence electrons. The van der Waals surface area contributed by atoms with Crippen LogP contribution in [0.15, 0.2) is 12.7 Å². The summed E-state index contributed by atoms with van der Waals surface area (Å²) in [6.45, 7) is 7.53.